The molecule has 2 aliphatic carbocycles. The SMILES string of the molecule is Cc1ccccc1COC1C2CC3C1OC(C)(C)C3C2. The molecule has 2 nitrogen and oxygen atoms in total. The molecule has 1 heterocycles. The molecule has 1 aromatic rings. The molecule has 20 heavy (non-hydrogen) atoms. The fourth-order valence-electron chi connectivity index (χ4n) is 4.84. The first kappa shape index (κ1) is 12.8. The Morgan fingerprint density at radius 3 is 2.85 bits per heavy atom. The molecule has 0 N–H and O–H groups in total. The maximum atomic E-state index is 6.33. The van der Waals surface area contributed by atoms with Gasteiger partial charge in [-0.3, -0.25) is 0 Å². The van der Waals surface area contributed by atoms with E-state index in [1.807, 2.05) is 0 Å². The summed E-state index contributed by atoms with van der Waals surface area (Å²) >= 11 is 0. The summed E-state index contributed by atoms with van der Waals surface area (Å²) in [5.41, 5.74) is 2.69. The molecule has 2 heteroatoms. The molecule has 1 saturated heterocycles. The lowest BCUT2D eigenvalue weighted by Crippen LogP contribution is -2.34. The van der Waals surface area contributed by atoms with Crippen molar-refractivity contribution in [3.63, 3.8) is 0 Å². The van der Waals surface area contributed by atoms with Crippen molar-refractivity contribution in [1.82, 2.24) is 0 Å². The van der Waals surface area contributed by atoms with E-state index in [0.717, 1.165) is 24.4 Å². The predicted molar refractivity (Wildman–Crippen MR) is 78.4 cm³/mol. The van der Waals surface area contributed by atoms with E-state index < -0.39 is 0 Å². The zero-order chi connectivity index (χ0) is 13.9. The van der Waals surface area contributed by atoms with E-state index in [0.29, 0.717) is 12.2 Å². The number of hydrogen-bond donors (Lipinski definition) is 0. The molecule has 2 saturated carbocycles. The summed E-state index contributed by atoms with van der Waals surface area (Å²) in [6.45, 7) is 7.41. The highest BCUT2D eigenvalue weighted by Crippen LogP contribution is 2.60. The quantitative estimate of drug-likeness (QED) is 0.835. The Balaban J connectivity index is 1.48. The molecule has 3 fully saturated rings. The van der Waals surface area contributed by atoms with Crippen LogP contribution in [-0.4, -0.2) is 17.8 Å². The second-order valence-corrected chi connectivity index (χ2v) is 7.39. The first-order valence-corrected chi connectivity index (χ1v) is 7.90. The van der Waals surface area contributed by atoms with Crippen LogP contribution in [0.1, 0.15) is 37.8 Å². The Morgan fingerprint density at radius 1 is 1.25 bits per heavy atom. The van der Waals surface area contributed by atoms with Crippen molar-refractivity contribution in [2.45, 2.75) is 58.0 Å². The minimum atomic E-state index is 0.0604. The standard InChI is InChI=1S/C18H24O2/c1-11-6-4-5-7-12(11)10-19-16-13-8-14-15(9-13)18(2,3)20-17(14)16/h4-7,13-17H,8-10H2,1-3H3. The van der Waals surface area contributed by atoms with Gasteiger partial charge in [-0.05, 0) is 62.5 Å². The van der Waals surface area contributed by atoms with E-state index in [4.69, 9.17) is 9.47 Å². The predicted octanol–water partition coefficient (Wildman–Crippen LogP) is 3.71. The third-order valence-electron chi connectivity index (χ3n) is 5.88. The average molecular weight is 272 g/mol. The van der Waals surface area contributed by atoms with E-state index in [1.54, 1.807) is 0 Å². The number of hydrogen-bond acceptors (Lipinski definition) is 2. The van der Waals surface area contributed by atoms with Gasteiger partial charge >= 0.3 is 0 Å². The van der Waals surface area contributed by atoms with Gasteiger partial charge in [0.05, 0.1) is 24.4 Å². The first-order chi connectivity index (χ1) is 9.56. The van der Waals surface area contributed by atoms with E-state index in [-0.39, 0.29) is 5.60 Å². The summed E-state index contributed by atoms with van der Waals surface area (Å²) in [6.07, 6.45) is 3.28. The van der Waals surface area contributed by atoms with Gasteiger partial charge in [0.1, 0.15) is 0 Å². The van der Waals surface area contributed by atoms with Crippen LogP contribution in [0, 0.1) is 24.7 Å². The van der Waals surface area contributed by atoms with Crippen LogP contribution in [0.15, 0.2) is 24.3 Å². The van der Waals surface area contributed by atoms with Crippen LogP contribution in [0.2, 0.25) is 0 Å². The van der Waals surface area contributed by atoms with Gasteiger partial charge < -0.3 is 9.47 Å². The summed E-state index contributed by atoms with van der Waals surface area (Å²) in [6, 6.07) is 8.51. The van der Waals surface area contributed by atoms with Gasteiger partial charge in [0.15, 0.2) is 0 Å². The maximum Gasteiger partial charge on any atom is 0.0878 e. The fraction of sp³-hybridized carbons (Fsp3) is 0.667. The van der Waals surface area contributed by atoms with Crippen LogP contribution in [0.4, 0.5) is 0 Å². The second-order valence-electron chi connectivity index (χ2n) is 7.39. The summed E-state index contributed by atoms with van der Waals surface area (Å²) < 4.78 is 12.6. The average Bonchev–Trinajstić information content (AvgIpc) is 3.00. The Morgan fingerprint density at radius 2 is 2.05 bits per heavy atom. The van der Waals surface area contributed by atoms with Gasteiger partial charge in [-0.1, -0.05) is 24.3 Å². The Bertz CT molecular complexity index is 522. The van der Waals surface area contributed by atoms with Crippen LogP contribution in [0.5, 0.6) is 0 Å². The summed E-state index contributed by atoms with van der Waals surface area (Å²) in [5.74, 6) is 2.23. The van der Waals surface area contributed by atoms with Gasteiger partial charge in [-0.15, -0.1) is 0 Å². The summed E-state index contributed by atoms with van der Waals surface area (Å²) in [5, 5.41) is 0. The van der Waals surface area contributed by atoms with Gasteiger partial charge in [0.2, 0.25) is 0 Å². The fourth-order valence-corrected chi connectivity index (χ4v) is 4.84. The number of fused-ring (bicyclic) bond motifs is 1. The lowest BCUT2D eigenvalue weighted by Gasteiger charge is -2.27. The van der Waals surface area contributed by atoms with E-state index in [1.165, 1.54) is 24.0 Å². The summed E-state index contributed by atoms with van der Waals surface area (Å²) in [7, 11) is 0. The normalized spacial score (nSPS) is 40.5. The molecule has 5 unspecified atom stereocenters. The topological polar surface area (TPSA) is 18.5 Å². The van der Waals surface area contributed by atoms with E-state index in [9.17, 15) is 0 Å². The molecule has 3 aliphatic rings. The van der Waals surface area contributed by atoms with Crippen molar-refractivity contribution in [3.8, 4) is 0 Å². The molecule has 0 amide bonds. The molecule has 1 aromatic carbocycles. The van der Waals surface area contributed by atoms with Gasteiger partial charge in [0, 0.05) is 0 Å². The Hall–Kier alpha value is -0.860. The highest BCUT2D eigenvalue weighted by molar-refractivity contribution is 5.25. The van der Waals surface area contributed by atoms with Crippen LogP contribution in [0.25, 0.3) is 0 Å². The van der Waals surface area contributed by atoms with Crippen LogP contribution in [0.3, 0.4) is 0 Å². The van der Waals surface area contributed by atoms with Crippen LogP contribution < -0.4 is 0 Å². The monoisotopic (exact) mass is 272 g/mol. The highest BCUT2D eigenvalue weighted by Gasteiger charge is 2.63. The third kappa shape index (κ3) is 1.78. The lowest BCUT2D eigenvalue weighted by molar-refractivity contribution is -0.0979. The minimum Gasteiger partial charge on any atom is -0.371 e. The number of benzene rings is 1. The van der Waals surface area contributed by atoms with Crippen molar-refractivity contribution in [2.24, 2.45) is 17.8 Å². The van der Waals surface area contributed by atoms with Crippen molar-refractivity contribution in [1.29, 1.82) is 0 Å². The minimum absolute atomic E-state index is 0.0604. The van der Waals surface area contributed by atoms with Crippen LogP contribution >= 0.6 is 0 Å². The number of rotatable bonds is 3. The highest BCUT2D eigenvalue weighted by atomic mass is 16.6. The zero-order valence-electron chi connectivity index (χ0n) is 12.6. The Kier molecular flexibility index (Phi) is 2.77. The molecule has 108 valence electrons. The molecule has 4 rings (SSSR count). The molecular formula is C18H24O2. The van der Waals surface area contributed by atoms with E-state index in [2.05, 4.69) is 45.0 Å². The van der Waals surface area contributed by atoms with Crippen molar-refractivity contribution < 1.29 is 9.47 Å². The van der Waals surface area contributed by atoms with Crippen molar-refractivity contribution in [3.05, 3.63) is 35.4 Å². The van der Waals surface area contributed by atoms with Crippen molar-refractivity contribution in [2.75, 3.05) is 0 Å². The molecule has 0 spiro atoms. The smallest absolute Gasteiger partial charge is 0.0878 e. The van der Waals surface area contributed by atoms with E-state index >= 15 is 0 Å². The Labute approximate surface area is 121 Å². The first-order valence-electron chi connectivity index (χ1n) is 7.90. The second kappa shape index (κ2) is 4.32. The molecule has 1 aliphatic heterocycles. The number of ether oxygens (including phenoxy) is 2. The molecule has 0 radical (unpaired) electrons. The largest absolute Gasteiger partial charge is 0.371 e. The lowest BCUT2D eigenvalue weighted by atomic mass is 9.80. The van der Waals surface area contributed by atoms with Gasteiger partial charge in [-0.25, -0.2) is 0 Å². The van der Waals surface area contributed by atoms with Crippen LogP contribution in [-0.2, 0) is 16.1 Å². The van der Waals surface area contributed by atoms with Gasteiger partial charge in [-0.2, -0.15) is 0 Å². The maximum absolute atomic E-state index is 6.33. The number of aryl methyl sites for hydroxylation is 1. The molecule has 2 bridgehead atoms. The molecule has 5 atom stereocenters. The van der Waals surface area contributed by atoms with Crippen molar-refractivity contribution >= 4 is 0 Å². The third-order valence-corrected chi connectivity index (χ3v) is 5.88. The molecule has 0 aromatic heterocycles. The summed E-state index contributed by atoms with van der Waals surface area (Å²) in [4.78, 5) is 0. The molecular weight excluding hydrogens is 248 g/mol. The van der Waals surface area contributed by atoms with Gasteiger partial charge in [0.25, 0.3) is 0 Å². The zero-order valence-corrected chi connectivity index (χ0v) is 12.6.